The number of nitrogens with zero attached hydrogens (tertiary/aromatic N) is 2. The third-order valence-electron chi connectivity index (χ3n) is 3.72. The molecule has 2 fully saturated rings. The van der Waals surface area contributed by atoms with E-state index in [4.69, 9.17) is 9.26 Å². The average molecular weight is 253 g/mol. The summed E-state index contributed by atoms with van der Waals surface area (Å²) < 4.78 is 10.6. The Morgan fingerprint density at radius 2 is 2.44 bits per heavy atom. The van der Waals surface area contributed by atoms with E-state index in [0.717, 1.165) is 39.0 Å². The van der Waals surface area contributed by atoms with Crippen LogP contribution in [0.1, 0.15) is 31.0 Å². The van der Waals surface area contributed by atoms with Crippen LogP contribution in [0.15, 0.2) is 4.52 Å². The molecule has 0 aliphatic carbocycles. The molecule has 2 saturated heterocycles. The predicted octanol–water partition coefficient (Wildman–Crippen LogP) is 0.220. The maximum atomic E-state index is 10.4. The summed E-state index contributed by atoms with van der Waals surface area (Å²) in [6.45, 7) is 3.02. The van der Waals surface area contributed by atoms with Crippen molar-refractivity contribution in [1.29, 1.82) is 0 Å². The Labute approximate surface area is 106 Å². The lowest BCUT2D eigenvalue weighted by Crippen LogP contribution is -2.43. The number of β-amino-alcohol motifs (C(OH)–C–C–N with tert-alkyl or cyclic N) is 1. The maximum absolute atomic E-state index is 10.4. The molecule has 18 heavy (non-hydrogen) atoms. The Hall–Kier alpha value is -0.980. The first-order chi connectivity index (χ1) is 8.76. The zero-order chi connectivity index (χ0) is 12.4. The van der Waals surface area contributed by atoms with Gasteiger partial charge >= 0.3 is 0 Å². The second-order valence-electron chi connectivity index (χ2n) is 5.26. The van der Waals surface area contributed by atoms with Gasteiger partial charge in [-0.25, -0.2) is 0 Å². The zero-order valence-electron chi connectivity index (χ0n) is 10.4. The minimum Gasteiger partial charge on any atom is -0.381 e. The third kappa shape index (κ3) is 2.41. The van der Waals surface area contributed by atoms with Crippen LogP contribution in [0.2, 0.25) is 0 Å². The fourth-order valence-electron chi connectivity index (χ4n) is 2.60. The second-order valence-corrected chi connectivity index (χ2v) is 5.26. The molecule has 2 N–H and O–H groups in total. The molecular weight excluding hydrogens is 234 g/mol. The quantitative estimate of drug-likeness (QED) is 0.802. The van der Waals surface area contributed by atoms with Gasteiger partial charge in [0.1, 0.15) is 0 Å². The van der Waals surface area contributed by atoms with E-state index in [1.54, 1.807) is 0 Å². The van der Waals surface area contributed by atoms with E-state index in [1.807, 2.05) is 0 Å². The summed E-state index contributed by atoms with van der Waals surface area (Å²) in [5.74, 6) is 1.51. The van der Waals surface area contributed by atoms with Gasteiger partial charge in [-0.2, -0.15) is 4.98 Å². The van der Waals surface area contributed by atoms with Gasteiger partial charge in [-0.3, -0.25) is 0 Å². The lowest BCUT2D eigenvalue weighted by atomic mass is 9.94. The fraction of sp³-hybridized carbons (Fsp3) is 0.833. The van der Waals surface area contributed by atoms with Gasteiger partial charge in [0, 0.05) is 26.2 Å². The normalized spacial score (nSPS) is 32.8. The van der Waals surface area contributed by atoms with E-state index in [0.29, 0.717) is 30.6 Å². The number of aromatic nitrogens is 2. The molecule has 2 aliphatic rings. The Morgan fingerprint density at radius 3 is 3.17 bits per heavy atom. The standard InChI is InChI=1S/C12H19N3O3/c16-12(3-1-4-13-8-12)11-14-10(15-18-11)6-9-2-5-17-7-9/h9,13,16H,1-8H2. The maximum Gasteiger partial charge on any atom is 0.259 e. The van der Waals surface area contributed by atoms with Crippen LogP contribution in [0.25, 0.3) is 0 Å². The highest BCUT2D eigenvalue weighted by Crippen LogP contribution is 2.27. The molecule has 2 atom stereocenters. The van der Waals surface area contributed by atoms with Gasteiger partial charge < -0.3 is 19.7 Å². The van der Waals surface area contributed by atoms with Crippen LogP contribution in [0.4, 0.5) is 0 Å². The number of aliphatic hydroxyl groups is 1. The van der Waals surface area contributed by atoms with Crippen molar-refractivity contribution in [2.45, 2.75) is 31.3 Å². The Bertz CT molecular complexity index is 395. The number of rotatable bonds is 3. The van der Waals surface area contributed by atoms with Crippen molar-refractivity contribution < 1.29 is 14.4 Å². The summed E-state index contributed by atoms with van der Waals surface area (Å²) in [5.41, 5.74) is -0.990. The van der Waals surface area contributed by atoms with Crippen molar-refractivity contribution >= 4 is 0 Å². The first kappa shape index (κ1) is 12.1. The first-order valence-corrected chi connectivity index (χ1v) is 6.60. The van der Waals surface area contributed by atoms with Gasteiger partial charge in [-0.05, 0) is 31.7 Å². The van der Waals surface area contributed by atoms with Gasteiger partial charge in [-0.15, -0.1) is 0 Å². The number of ether oxygens (including phenoxy) is 1. The van der Waals surface area contributed by atoms with Gasteiger partial charge in [-0.1, -0.05) is 5.16 Å². The summed E-state index contributed by atoms with van der Waals surface area (Å²) >= 11 is 0. The van der Waals surface area contributed by atoms with Crippen molar-refractivity contribution in [3.8, 4) is 0 Å². The largest absolute Gasteiger partial charge is 0.381 e. The lowest BCUT2D eigenvalue weighted by molar-refractivity contribution is -0.0167. The van der Waals surface area contributed by atoms with E-state index >= 15 is 0 Å². The van der Waals surface area contributed by atoms with Crippen molar-refractivity contribution in [3.63, 3.8) is 0 Å². The molecular formula is C12H19N3O3. The molecule has 0 bridgehead atoms. The molecule has 3 rings (SSSR count). The van der Waals surface area contributed by atoms with Crippen LogP contribution < -0.4 is 5.32 Å². The van der Waals surface area contributed by atoms with E-state index in [-0.39, 0.29) is 0 Å². The second kappa shape index (κ2) is 4.95. The summed E-state index contributed by atoms with van der Waals surface area (Å²) in [4.78, 5) is 4.35. The Kier molecular flexibility index (Phi) is 3.32. The molecule has 0 radical (unpaired) electrons. The predicted molar refractivity (Wildman–Crippen MR) is 62.9 cm³/mol. The van der Waals surface area contributed by atoms with Crippen molar-refractivity contribution in [2.75, 3.05) is 26.3 Å². The highest BCUT2D eigenvalue weighted by molar-refractivity contribution is 5.02. The third-order valence-corrected chi connectivity index (χ3v) is 3.72. The summed E-state index contributed by atoms with van der Waals surface area (Å²) in [7, 11) is 0. The van der Waals surface area contributed by atoms with Crippen LogP contribution in [0.5, 0.6) is 0 Å². The number of nitrogens with one attached hydrogen (secondary N) is 1. The number of piperidine rings is 1. The van der Waals surface area contributed by atoms with Crippen LogP contribution in [0.3, 0.4) is 0 Å². The van der Waals surface area contributed by atoms with E-state index in [9.17, 15) is 5.11 Å². The van der Waals surface area contributed by atoms with Crippen LogP contribution in [-0.4, -0.2) is 41.6 Å². The monoisotopic (exact) mass is 253 g/mol. The molecule has 0 aromatic carbocycles. The average Bonchev–Trinajstić information content (AvgIpc) is 3.02. The highest BCUT2D eigenvalue weighted by atomic mass is 16.5. The van der Waals surface area contributed by atoms with Crippen molar-refractivity contribution in [3.05, 3.63) is 11.7 Å². The van der Waals surface area contributed by atoms with Crippen molar-refractivity contribution in [1.82, 2.24) is 15.5 Å². The minimum atomic E-state index is -0.990. The van der Waals surface area contributed by atoms with Gasteiger partial charge in [0.15, 0.2) is 11.4 Å². The smallest absolute Gasteiger partial charge is 0.259 e. The Morgan fingerprint density at radius 1 is 1.50 bits per heavy atom. The van der Waals surface area contributed by atoms with Gasteiger partial charge in [0.25, 0.3) is 5.89 Å². The molecule has 1 aromatic rings. The Balaban J connectivity index is 1.68. The van der Waals surface area contributed by atoms with E-state index in [1.165, 1.54) is 0 Å². The lowest BCUT2D eigenvalue weighted by Gasteiger charge is -2.28. The molecule has 0 saturated carbocycles. The molecule has 3 heterocycles. The van der Waals surface area contributed by atoms with Gasteiger partial charge in [0.2, 0.25) is 0 Å². The summed E-state index contributed by atoms with van der Waals surface area (Å²) in [6, 6.07) is 0. The van der Waals surface area contributed by atoms with Crippen LogP contribution >= 0.6 is 0 Å². The highest BCUT2D eigenvalue weighted by Gasteiger charge is 2.37. The fourth-order valence-corrected chi connectivity index (χ4v) is 2.60. The first-order valence-electron chi connectivity index (χ1n) is 6.60. The minimum absolute atomic E-state index is 0.351. The number of hydrogen-bond acceptors (Lipinski definition) is 6. The molecule has 6 heteroatoms. The molecule has 0 spiro atoms. The van der Waals surface area contributed by atoms with Crippen LogP contribution in [0, 0.1) is 5.92 Å². The molecule has 2 unspecified atom stereocenters. The van der Waals surface area contributed by atoms with Crippen LogP contribution in [-0.2, 0) is 16.8 Å². The SMILES string of the molecule is OC1(c2nc(CC3CCOC3)no2)CCCNC1. The topological polar surface area (TPSA) is 80.4 Å². The summed E-state index contributed by atoms with van der Waals surface area (Å²) in [5, 5.41) is 17.6. The van der Waals surface area contributed by atoms with Gasteiger partial charge in [0.05, 0.1) is 0 Å². The summed E-state index contributed by atoms with van der Waals surface area (Å²) in [6.07, 6.45) is 3.42. The number of hydrogen-bond donors (Lipinski definition) is 2. The zero-order valence-corrected chi connectivity index (χ0v) is 10.4. The molecule has 0 amide bonds. The molecule has 100 valence electrons. The molecule has 6 nitrogen and oxygen atoms in total. The molecule has 2 aliphatic heterocycles. The van der Waals surface area contributed by atoms with E-state index in [2.05, 4.69) is 15.5 Å². The van der Waals surface area contributed by atoms with Crippen molar-refractivity contribution in [2.24, 2.45) is 5.92 Å². The van der Waals surface area contributed by atoms with E-state index < -0.39 is 5.60 Å². The molecule has 1 aromatic heterocycles.